The van der Waals surface area contributed by atoms with Crippen LogP contribution in [-0.4, -0.2) is 56.4 Å². The molecule has 0 spiro atoms. The molecule has 3 aromatic rings. The minimum absolute atomic E-state index is 0.277. The van der Waals surface area contributed by atoms with E-state index in [0.29, 0.717) is 29.8 Å². The molecule has 0 saturated carbocycles. The highest BCUT2D eigenvalue weighted by Gasteiger charge is 2.36. The van der Waals surface area contributed by atoms with Gasteiger partial charge in [0.1, 0.15) is 5.82 Å². The summed E-state index contributed by atoms with van der Waals surface area (Å²) in [7, 11) is 0. The summed E-state index contributed by atoms with van der Waals surface area (Å²) in [4.78, 5) is 24.3. The van der Waals surface area contributed by atoms with Crippen LogP contribution in [0.2, 0.25) is 0 Å². The van der Waals surface area contributed by atoms with Crippen LogP contribution in [0.1, 0.15) is 48.9 Å². The number of carbonyl (C=O) groups is 2. The Kier molecular flexibility index (Phi) is 8.12. The number of aromatic nitrogens is 1. The first kappa shape index (κ1) is 25.5. The minimum Gasteiger partial charge on any atom is -0.478 e. The highest BCUT2D eigenvalue weighted by Crippen LogP contribution is 2.38. The van der Waals surface area contributed by atoms with Gasteiger partial charge >= 0.3 is 11.9 Å². The molecule has 1 aromatic heterocycles. The van der Waals surface area contributed by atoms with Gasteiger partial charge in [0.25, 0.3) is 0 Å². The average molecular weight is 496 g/mol. The Morgan fingerprint density at radius 3 is 2.39 bits per heavy atom. The van der Waals surface area contributed by atoms with Crippen LogP contribution < -0.4 is 0 Å². The highest BCUT2D eigenvalue weighted by molar-refractivity contribution is 5.89. The standard InChI is InChI=1S/C23H26FN3O.C4H4O4/c1-2-10-26-11-9-16(23-20-8-7-19(24)13-21(20)28-25-23)12-22(26)27-14-17-5-3-4-6-18(17)15-27;5-3(6)1-2-4(7)8/h3-8,13,16,22H,2,9-12,14-15H2,1H3;1-2H,(H,5,6)(H,7,8)/b;2-1+. The molecule has 0 radical (unpaired) electrons. The van der Waals surface area contributed by atoms with Crippen LogP contribution >= 0.6 is 0 Å². The smallest absolute Gasteiger partial charge is 0.328 e. The van der Waals surface area contributed by atoms with E-state index in [1.165, 1.54) is 23.3 Å². The molecule has 3 heterocycles. The normalized spacial score (nSPS) is 20.3. The Morgan fingerprint density at radius 2 is 1.78 bits per heavy atom. The van der Waals surface area contributed by atoms with Gasteiger partial charge in [-0.1, -0.05) is 36.3 Å². The van der Waals surface area contributed by atoms with Gasteiger partial charge in [0.2, 0.25) is 0 Å². The fraction of sp³-hybridized carbons (Fsp3) is 0.370. The molecular formula is C27H30FN3O5. The Hall–Kier alpha value is -3.56. The molecule has 0 amide bonds. The van der Waals surface area contributed by atoms with Gasteiger partial charge in [0.05, 0.1) is 11.9 Å². The monoisotopic (exact) mass is 495 g/mol. The minimum atomic E-state index is -1.26. The molecule has 2 aliphatic rings. The molecule has 0 aliphatic carbocycles. The number of rotatable bonds is 6. The van der Waals surface area contributed by atoms with E-state index in [1.807, 2.05) is 6.07 Å². The summed E-state index contributed by atoms with van der Waals surface area (Å²) in [5.41, 5.74) is 4.44. The number of nitrogens with zero attached hydrogens (tertiary/aromatic N) is 3. The maximum Gasteiger partial charge on any atom is 0.328 e. The van der Waals surface area contributed by atoms with Crippen molar-refractivity contribution in [1.29, 1.82) is 0 Å². The Bertz CT molecular complexity index is 1220. The topological polar surface area (TPSA) is 107 Å². The van der Waals surface area contributed by atoms with Crippen molar-refractivity contribution in [3.8, 4) is 0 Å². The zero-order valence-corrected chi connectivity index (χ0v) is 20.1. The molecule has 9 heteroatoms. The SMILES string of the molecule is CCCN1CCC(c2noc3cc(F)ccc23)CC1N1Cc2ccccc2C1.O=C(O)/C=C/C(=O)O. The molecule has 1 saturated heterocycles. The van der Waals surface area contributed by atoms with Crippen molar-refractivity contribution in [3.05, 3.63) is 77.3 Å². The van der Waals surface area contributed by atoms with Gasteiger partial charge < -0.3 is 14.7 Å². The molecule has 5 rings (SSSR count). The molecule has 2 aliphatic heterocycles. The van der Waals surface area contributed by atoms with Crippen LogP contribution in [0.3, 0.4) is 0 Å². The molecule has 2 atom stereocenters. The number of hydrogen-bond donors (Lipinski definition) is 2. The van der Waals surface area contributed by atoms with Gasteiger partial charge in [-0.25, -0.2) is 14.0 Å². The number of piperidine rings is 1. The first-order valence-electron chi connectivity index (χ1n) is 12.1. The van der Waals surface area contributed by atoms with E-state index in [4.69, 9.17) is 14.7 Å². The van der Waals surface area contributed by atoms with Crippen molar-refractivity contribution in [3.63, 3.8) is 0 Å². The molecule has 0 bridgehead atoms. The summed E-state index contributed by atoms with van der Waals surface area (Å²) in [6.45, 7) is 6.46. The van der Waals surface area contributed by atoms with E-state index < -0.39 is 11.9 Å². The van der Waals surface area contributed by atoms with E-state index in [-0.39, 0.29) is 5.82 Å². The number of fused-ring (bicyclic) bond motifs is 2. The van der Waals surface area contributed by atoms with E-state index in [0.717, 1.165) is 56.5 Å². The van der Waals surface area contributed by atoms with E-state index in [1.54, 1.807) is 0 Å². The van der Waals surface area contributed by atoms with Gasteiger partial charge in [0, 0.05) is 49.2 Å². The van der Waals surface area contributed by atoms with Gasteiger partial charge in [-0.2, -0.15) is 0 Å². The summed E-state index contributed by atoms with van der Waals surface area (Å²) in [6, 6.07) is 13.5. The summed E-state index contributed by atoms with van der Waals surface area (Å²) >= 11 is 0. The lowest BCUT2D eigenvalue weighted by atomic mass is 9.89. The molecule has 36 heavy (non-hydrogen) atoms. The largest absolute Gasteiger partial charge is 0.478 e. The van der Waals surface area contributed by atoms with E-state index in [2.05, 4.69) is 46.1 Å². The number of halogens is 1. The Balaban J connectivity index is 0.000000331. The molecule has 1 fully saturated rings. The third kappa shape index (κ3) is 5.98. The molecule has 2 N–H and O–H groups in total. The number of benzene rings is 2. The molecule has 2 unspecified atom stereocenters. The van der Waals surface area contributed by atoms with Crippen LogP contribution in [0.25, 0.3) is 11.0 Å². The summed E-state index contributed by atoms with van der Waals surface area (Å²) in [5.74, 6) is -2.45. The Morgan fingerprint density at radius 1 is 1.11 bits per heavy atom. The quantitative estimate of drug-likeness (QED) is 0.478. The van der Waals surface area contributed by atoms with Crippen LogP contribution in [0, 0.1) is 5.82 Å². The van der Waals surface area contributed by atoms with Crippen molar-refractivity contribution in [2.24, 2.45) is 0 Å². The third-order valence-corrected chi connectivity index (χ3v) is 6.70. The number of likely N-dealkylation sites (tertiary alicyclic amines) is 1. The van der Waals surface area contributed by atoms with Crippen molar-refractivity contribution in [1.82, 2.24) is 15.0 Å². The number of carboxylic acid groups (broad SMARTS) is 2. The third-order valence-electron chi connectivity index (χ3n) is 6.70. The average Bonchev–Trinajstić information content (AvgIpc) is 3.47. The zero-order chi connectivity index (χ0) is 25.7. The van der Waals surface area contributed by atoms with Gasteiger partial charge in [-0.05, 0) is 49.1 Å². The van der Waals surface area contributed by atoms with E-state index >= 15 is 0 Å². The maximum atomic E-state index is 13.5. The van der Waals surface area contributed by atoms with Crippen LogP contribution in [0.15, 0.2) is 59.1 Å². The van der Waals surface area contributed by atoms with Crippen LogP contribution in [-0.2, 0) is 22.7 Å². The van der Waals surface area contributed by atoms with Crippen molar-refractivity contribution in [2.75, 3.05) is 13.1 Å². The summed E-state index contributed by atoms with van der Waals surface area (Å²) < 4.78 is 19.0. The molecule has 8 nitrogen and oxygen atoms in total. The fourth-order valence-corrected chi connectivity index (χ4v) is 5.11. The summed E-state index contributed by atoms with van der Waals surface area (Å²) in [6.07, 6.45) is 4.78. The fourth-order valence-electron chi connectivity index (χ4n) is 5.11. The van der Waals surface area contributed by atoms with Gasteiger partial charge in [0.15, 0.2) is 5.58 Å². The lowest BCUT2D eigenvalue weighted by Crippen LogP contribution is -2.50. The van der Waals surface area contributed by atoms with Gasteiger partial charge in [-0.15, -0.1) is 0 Å². The predicted octanol–water partition coefficient (Wildman–Crippen LogP) is 4.61. The van der Waals surface area contributed by atoms with E-state index in [9.17, 15) is 14.0 Å². The van der Waals surface area contributed by atoms with Crippen LogP contribution in [0.4, 0.5) is 4.39 Å². The van der Waals surface area contributed by atoms with Gasteiger partial charge in [-0.3, -0.25) is 9.80 Å². The number of hydrogen-bond acceptors (Lipinski definition) is 6. The van der Waals surface area contributed by atoms with Crippen molar-refractivity contribution < 1.29 is 28.7 Å². The second kappa shape index (κ2) is 11.5. The number of aliphatic carboxylic acids is 2. The van der Waals surface area contributed by atoms with Crippen molar-refractivity contribution in [2.45, 2.75) is 51.4 Å². The Labute approximate surface area is 208 Å². The van der Waals surface area contributed by atoms with Crippen LogP contribution in [0.5, 0.6) is 0 Å². The molecule has 2 aromatic carbocycles. The molecule has 190 valence electrons. The summed E-state index contributed by atoms with van der Waals surface area (Å²) in [5, 5.41) is 20.9. The lowest BCUT2D eigenvalue weighted by Gasteiger charge is -2.43. The predicted molar refractivity (Wildman–Crippen MR) is 132 cm³/mol. The zero-order valence-electron chi connectivity index (χ0n) is 20.1. The second-order valence-corrected chi connectivity index (χ2v) is 9.13. The maximum absolute atomic E-state index is 13.5. The number of carboxylic acids is 2. The highest BCUT2D eigenvalue weighted by atomic mass is 19.1. The first-order valence-corrected chi connectivity index (χ1v) is 12.1. The lowest BCUT2D eigenvalue weighted by molar-refractivity contribution is -0.134. The first-order chi connectivity index (χ1) is 17.4. The van der Waals surface area contributed by atoms with Crippen molar-refractivity contribution >= 4 is 22.9 Å². The molecular weight excluding hydrogens is 465 g/mol. The second-order valence-electron chi connectivity index (χ2n) is 9.13.